The van der Waals surface area contributed by atoms with Crippen LogP contribution in [0, 0.1) is 13.8 Å². The summed E-state index contributed by atoms with van der Waals surface area (Å²) in [4.78, 5) is 17.0. The van der Waals surface area contributed by atoms with Crippen LogP contribution in [0.3, 0.4) is 0 Å². The molecule has 0 amide bonds. The van der Waals surface area contributed by atoms with Crippen LogP contribution in [0.25, 0.3) is 15.9 Å². The second-order valence-electron chi connectivity index (χ2n) is 6.16. The van der Waals surface area contributed by atoms with E-state index in [0.717, 1.165) is 27.3 Å². The fourth-order valence-electron chi connectivity index (χ4n) is 3.15. The number of carbonyl (C=O) groups is 1. The first-order chi connectivity index (χ1) is 12.6. The number of rotatable bonds is 5. The summed E-state index contributed by atoms with van der Waals surface area (Å²) in [6.45, 7) is 3.94. The largest absolute Gasteiger partial charge is 0.485 e. The molecule has 2 aromatic heterocycles. The Hall–Kier alpha value is -2.92. The molecule has 0 radical (unpaired) electrons. The minimum absolute atomic E-state index is 0.0144. The third-order valence-corrected chi connectivity index (χ3v) is 5.19. The molecule has 0 bridgehead atoms. The van der Waals surface area contributed by atoms with Gasteiger partial charge in [-0.1, -0.05) is 30.3 Å². The molecule has 26 heavy (non-hydrogen) atoms. The first kappa shape index (κ1) is 16.5. The molecule has 4 rings (SSSR count). The van der Waals surface area contributed by atoms with E-state index < -0.39 is 0 Å². The molecule has 0 unspecified atom stereocenters. The lowest BCUT2D eigenvalue weighted by Crippen LogP contribution is -2.12. The number of fused-ring (bicyclic) bond motifs is 1. The minimum Gasteiger partial charge on any atom is -0.485 e. The standard InChI is InChI=1S/C21H18N2O2S/c1-14-11-19(15(2)23(14)21-22-9-10-26-21)20(24)13-25-18-8-7-16-5-3-4-6-17(16)12-18/h3-12H,13H2,1-2H3. The maximum absolute atomic E-state index is 12.7. The molecule has 0 aliphatic carbocycles. The van der Waals surface area contributed by atoms with Gasteiger partial charge in [0.2, 0.25) is 5.78 Å². The van der Waals surface area contributed by atoms with E-state index in [1.165, 1.54) is 0 Å². The number of ketones is 1. The lowest BCUT2D eigenvalue weighted by Gasteiger charge is -2.08. The summed E-state index contributed by atoms with van der Waals surface area (Å²) >= 11 is 1.55. The van der Waals surface area contributed by atoms with Crippen molar-refractivity contribution in [2.45, 2.75) is 13.8 Å². The van der Waals surface area contributed by atoms with Crippen molar-refractivity contribution in [3.8, 4) is 10.9 Å². The maximum Gasteiger partial charge on any atom is 0.202 e. The highest BCUT2D eigenvalue weighted by molar-refractivity contribution is 7.12. The highest BCUT2D eigenvalue weighted by Gasteiger charge is 2.18. The van der Waals surface area contributed by atoms with E-state index in [2.05, 4.69) is 11.1 Å². The van der Waals surface area contributed by atoms with E-state index in [1.807, 2.05) is 66.3 Å². The van der Waals surface area contributed by atoms with Gasteiger partial charge in [0.05, 0.1) is 0 Å². The second kappa shape index (κ2) is 6.77. The zero-order valence-electron chi connectivity index (χ0n) is 14.6. The summed E-state index contributed by atoms with van der Waals surface area (Å²) in [6.07, 6.45) is 1.77. The first-order valence-corrected chi connectivity index (χ1v) is 9.25. The van der Waals surface area contributed by atoms with Crippen LogP contribution >= 0.6 is 11.3 Å². The summed E-state index contributed by atoms with van der Waals surface area (Å²) in [7, 11) is 0. The number of nitrogens with zero attached hydrogens (tertiary/aromatic N) is 2. The van der Waals surface area contributed by atoms with Crippen molar-refractivity contribution in [1.29, 1.82) is 0 Å². The number of aryl methyl sites for hydroxylation is 1. The van der Waals surface area contributed by atoms with E-state index in [9.17, 15) is 4.79 Å². The van der Waals surface area contributed by atoms with Gasteiger partial charge in [-0.05, 0) is 42.8 Å². The molecule has 0 saturated heterocycles. The lowest BCUT2D eigenvalue weighted by molar-refractivity contribution is 0.0921. The van der Waals surface area contributed by atoms with Crippen molar-refractivity contribution in [3.63, 3.8) is 0 Å². The van der Waals surface area contributed by atoms with E-state index >= 15 is 0 Å². The van der Waals surface area contributed by atoms with Crippen molar-refractivity contribution in [2.24, 2.45) is 0 Å². The molecule has 4 aromatic rings. The van der Waals surface area contributed by atoms with Crippen molar-refractivity contribution < 1.29 is 9.53 Å². The zero-order chi connectivity index (χ0) is 18.1. The summed E-state index contributed by atoms with van der Waals surface area (Å²) < 4.78 is 7.76. The molecule has 0 saturated carbocycles. The molecular weight excluding hydrogens is 344 g/mol. The molecule has 0 aliphatic heterocycles. The maximum atomic E-state index is 12.7. The van der Waals surface area contributed by atoms with Gasteiger partial charge in [0.15, 0.2) is 11.7 Å². The Labute approximate surface area is 155 Å². The smallest absolute Gasteiger partial charge is 0.202 e. The van der Waals surface area contributed by atoms with Crippen molar-refractivity contribution in [3.05, 3.63) is 77.1 Å². The Morgan fingerprint density at radius 2 is 1.92 bits per heavy atom. The molecule has 0 fully saturated rings. The third kappa shape index (κ3) is 3.02. The quantitative estimate of drug-likeness (QED) is 0.471. The lowest BCUT2D eigenvalue weighted by atomic mass is 10.1. The SMILES string of the molecule is Cc1cc(C(=O)COc2ccc3ccccc3c2)c(C)n1-c1nccs1. The van der Waals surface area contributed by atoms with Gasteiger partial charge in [0, 0.05) is 28.5 Å². The number of ether oxygens (including phenoxy) is 1. The van der Waals surface area contributed by atoms with E-state index in [1.54, 1.807) is 17.5 Å². The molecule has 0 aliphatic rings. The third-order valence-electron chi connectivity index (χ3n) is 4.43. The van der Waals surface area contributed by atoms with Crippen LogP contribution in [0.15, 0.2) is 60.1 Å². The van der Waals surface area contributed by atoms with Crippen LogP contribution in [0.2, 0.25) is 0 Å². The highest BCUT2D eigenvalue weighted by Crippen LogP contribution is 2.24. The predicted molar refractivity (Wildman–Crippen MR) is 105 cm³/mol. The summed E-state index contributed by atoms with van der Waals surface area (Å²) in [5, 5.41) is 5.05. The van der Waals surface area contributed by atoms with Gasteiger partial charge in [-0.25, -0.2) is 4.98 Å². The van der Waals surface area contributed by atoms with Gasteiger partial charge >= 0.3 is 0 Å². The average molecular weight is 362 g/mol. The fraction of sp³-hybridized carbons (Fsp3) is 0.143. The molecule has 4 nitrogen and oxygen atoms in total. The summed E-state index contributed by atoms with van der Waals surface area (Å²) in [5.74, 6) is 0.667. The van der Waals surface area contributed by atoms with Gasteiger partial charge in [-0.3, -0.25) is 9.36 Å². The van der Waals surface area contributed by atoms with Gasteiger partial charge in [-0.2, -0.15) is 0 Å². The van der Waals surface area contributed by atoms with Crippen molar-refractivity contribution in [1.82, 2.24) is 9.55 Å². The van der Waals surface area contributed by atoms with E-state index in [0.29, 0.717) is 11.3 Å². The van der Waals surface area contributed by atoms with Crippen LogP contribution in [-0.2, 0) is 0 Å². The molecule has 5 heteroatoms. The molecule has 2 heterocycles. The number of benzene rings is 2. The predicted octanol–water partition coefficient (Wildman–Crippen LogP) is 4.97. The Balaban J connectivity index is 1.54. The van der Waals surface area contributed by atoms with Crippen LogP contribution in [0.1, 0.15) is 21.7 Å². The molecule has 2 aromatic carbocycles. The first-order valence-electron chi connectivity index (χ1n) is 8.37. The van der Waals surface area contributed by atoms with Gasteiger partial charge < -0.3 is 4.74 Å². The van der Waals surface area contributed by atoms with Crippen LogP contribution in [-0.4, -0.2) is 21.9 Å². The van der Waals surface area contributed by atoms with Gasteiger partial charge in [0.1, 0.15) is 5.75 Å². The number of carbonyl (C=O) groups excluding carboxylic acids is 1. The molecule has 0 spiro atoms. The summed E-state index contributed by atoms with van der Waals surface area (Å²) in [6, 6.07) is 15.8. The van der Waals surface area contributed by atoms with E-state index in [4.69, 9.17) is 4.74 Å². The topological polar surface area (TPSA) is 44.1 Å². The fourth-order valence-corrected chi connectivity index (χ4v) is 3.90. The zero-order valence-corrected chi connectivity index (χ0v) is 15.4. The van der Waals surface area contributed by atoms with E-state index in [-0.39, 0.29) is 12.4 Å². The number of hydrogen-bond acceptors (Lipinski definition) is 4. The Bertz CT molecular complexity index is 1080. The second-order valence-corrected chi connectivity index (χ2v) is 7.03. The minimum atomic E-state index is -0.0333. The molecular formula is C21H18N2O2S. The van der Waals surface area contributed by atoms with Crippen molar-refractivity contribution in [2.75, 3.05) is 6.61 Å². The van der Waals surface area contributed by atoms with Crippen LogP contribution < -0.4 is 4.74 Å². The number of Topliss-reactive ketones (excluding diaryl/α,β-unsaturated/α-hetero) is 1. The molecule has 0 N–H and O–H groups in total. The Morgan fingerprint density at radius 1 is 1.12 bits per heavy atom. The number of thiazole rings is 1. The van der Waals surface area contributed by atoms with Gasteiger partial charge in [0.25, 0.3) is 0 Å². The van der Waals surface area contributed by atoms with Crippen LogP contribution in [0.5, 0.6) is 5.75 Å². The normalized spacial score (nSPS) is 11.0. The van der Waals surface area contributed by atoms with Crippen molar-refractivity contribution >= 4 is 27.9 Å². The molecule has 130 valence electrons. The number of hydrogen-bond donors (Lipinski definition) is 0. The molecule has 0 atom stereocenters. The Kier molecular flexibility index (Phi) is 4.31. The number of aromatic nitrogens is 2. The highest BCUT2D eigenvalue weighted by atomic mass is 32.1. The van der Waals surface area contributed by atoms with Gasteiger partial charge in [-0.15, -0.1) is 11.3 Å². The Morgan fingerprint density at radius 3 is 2.69 bits per heavy atom. The summed E-state index contributed by atoms with van der Waals surface area (Å²) in [5.41, 5.74) is 2.56. The van der Waals surface area contributed by atoms with Crippen LogP contribution in [0.4, 0.5) is 0 Å². The average Bonchev–Trinajstić information content (AvgIpc) is 3.27. The monoisotopic (exact) mass is 362 g/mol.